The molecule has 1 spiro atoms. The first-order chi connectivity index (χ1) is 9.67. The van der Waals surface area contributed by atoms with Crippen LogP contribution in [0.15, 0.2) is 29.4 Å². The highest BCUT2D eigenvalue weighted by Gasteiger charge is 2.43. The Morgan fingerprint density at radius 3 is 3.10 bits per heavy atom. The van der Waals surface area contributed by atoms with Gasteiger partial charge in [0.2, 0.25) is 0 Å². The van der Waals surface area contributed by atoms with E-state index in [1.807, 2.05) is 18.2 Å². The van der Waals surface area contributed by atoms with Gasteiger partial charge in [0.05, 0.1) is 0 Å². The molecular formula is C14H17Cl2N3O2. The SMILES string of the molecule is Cl.O=C(NCc1cccc(Cl)c1)C1=NOC2(CCNC2)C1. The monoisotopic (exact) mass is 329 g/mol. The summed E-state index contributed by atoms with van der Waals surface area (Å²) in [5, 5.41) is 10.7. The molecule has 1 fully saturated rings. The van der Waals surface area contributed by atoms with Gasteiger partial charge in [-0.1, -0.05) is 28.9 Å². The van der Waals surface area contributed by atoms with E-state index in [1.54, 1.807) is 6.07 Å². The minimum atomic E-state index is -0.303. The molecule has 2 heterocycles. The third-order valence-electron chi connectivity index (χ3n) is 3.65. The molecule has 2 N–H and O–H groups in total. The van der Waals surface area contributed by atoms with Gasteiger partial charge in [-0.2, -0.15) is 0 Å². The molecule has 0 aliphatic carbocycles. The molecule has 21 heavy (non-hydrogen) atoms. The van der Waals surface area contributed by atoms with Gasteiger partial charge in [0.25, 0.3) is 5.91 Å². The second kappa shape index (κ2) is 6.64. The lowest BCUT2D eigenvalue weighted by molar-refractivity contribution is -0.115. The van der Waals surface area contributed by atoms with E-state index in [9.17, 15) is 4.79 Å². The molecule has 0 bridgehead atoms. The van der Waals surface area contributed by atoms with E-state index in [0.717, 1.165) is 25.1 Å². The number of nitrogens with one attached hydrogen (secondary N) is 2. The summed E-state index contributed by atoms with van der Waals surface area (Å²) in [6, 6.07) is 7.41. The normalized spacial score (nSPS) is 23.4. The third kappa shape index (κ3) is 3.67. The van der Waals surface area contributed by atoms with Gasteiger partial charge < -0.3 is 15.5 Å². The standard InChI is InChI=1S/C14H16ClN3O2.ClH/c15-11-3-1-2-10(6-11)8-17-13(19)12-7-14(20-18-12)4-5-16-9-14;/h1-3,6,16H,4-5,7-9H2,(H,17,19);1H. The molecule has 7 heteroatoms. The molecular weight excluding hydrogens is 313 g/mol. The average molecular weight is 330 g/mol. The fraction of sp³-hybridized carbons (Fsp3) is 0.429. The Hall–Kier alpha value is -1.30. The maximum atomic E-state index is 12.1. The Balaban J connectivity index is 0.00000161. The molecule has 1 amide bonds. The first-order valence-corrected chi connectivity index (χ1v) is 7.03. The van der Waals surface area contributed by atoms with E-state index in [0.29, 0.717) is 23.7 Å². The van der Waals surface area contributed by atoms with Crippen molar-refractivity contribution in [3.05, 3.63) is 34.9 Å². The minimum absolute atomic E-state index is 0. The zero-order valence-corrected chi connectivity index (χ0v) is 13.0. The van der Waals surface area contributed by atoms with Crippen molar-refractivity contribution >= 4 is 35.6 Å². The highest BCUT2D eigenvalue weighted by atomic mass is 35.5. The molecule has 1 aromatic rings. The number of hydrogen-bond acceptors (Lipinski definition) is 4. The zero-order chi connectivity index (χ0) is 14.0. The van der Waals surface area contributed by atoms with Crippen LogP contribution in [0.25, 0.3) is 0 Å². The number of nitrogens with zero attached hydrogens (tertiary/aromatic N) is 1. The summed E-state index contributed by atoms with van der Waals surface area (Å²) in [5.41, 5.74) is 1.13. The summed E-state index contributed by atoms with van der Waals surface area (Å²) >= 11 is 5.91. The number of hydrogen-bond donors (Lipinski definition) is 2. The van der Waals surface area contributed by atoms with Crippen molar-refractivity contribution in [2.75, 3.05) is 13.1 Å². The zero-order valence-electron chi connectivity index (χ0n) is 11.4. The Bertz CT molecular complexity index is 557. The van der Waals surface area contributed by atoms with E-state index in [-0.39, 0.29) is 23.9 Å². The molecule has 0 aromatic heterocycles. The Morgan fingerprint density at radius 1 is 1.52 bits per heavy atom. The van der Waals surface area contributed by atoms with E-state index >= 15 is 0 Å². The Morgan fingerprint density at radius 2 is 2.38 bits per heavy atom. The maximum absolute atomic E-state index is 12.1. The molecule has 114 valence electrons. The van der Waals surface area contributed by atoms with E-state index in [1.165, 1.54) is 0 Å². The molecule has 1 unspecified atom stereocenters. The van der Waals surface area contributed by atoms with Gasteiger partial charge in [0.15, 0.2) is 5.60 Å². The third-order valence-corrected chi connectivity index (χ3v) is 3.88. The van der Waals surface area contributed by atoms with Crippen molar-refractivity contribution in [2.24, 2.45) is 5.16 Å². The smallest absolute Gasteiger partial charge is 0.269 e. The van der Waals surface area contributed by atoms with Gasteiger partial charge in [-0.3, -0.25) is 4.79 Å². The summed E-state index contributed by atoms with van der Waals surface area (Å²) in [7, 11) is 0. The van der Waals surface area contributed by atoms with Gasteiger partial charge >= 0.3 is 0 Å². The number of carbonyl (C=O) groups excluding carboxylic acids is 1. The average Bonchev–Trinajstić information content (AvgIpc) is 3.07. The number of rotatable bonds is 3. The van der Waals surface area contributed by atoms with E-state index in [4.69, 9.17) is 16.4 Å². The van der Waals surface area contributed by atoms with Gasteiger partial charge in [-0.25, -0.2) is 0 Å². The van der Waals surface area contributed by atoms with Crippen LogP contribution >= 0.6 is 24.0 Å². The van der Waals surface area contributed by atoms with Crippen LogP contribution in [0, 0.1) is 0 Å². The van der Waals surface area contributed by atoms with Crippen molar-refractivity contribution in [2.45, 2.75) is 25.0 Å². The number of oxime groups is 1. The summed E-state index contributed by atoms with van der Waals surface area (Å²) in [6.45, 7) is 2.10. The van der Waals surface area contributed by atoms with Crippen molar-refractivity contribution < 1.29 is 9.63 Å². The van der Waals surface area contributed by atoms with Gasteiger partial charge in [0, 0.05) is 31.0 Å². The summed E-state index contributed by atoms with van der Waals surface area (Å²) in [5.74, 6) is -0.172. The van der Waals surface area contributed by atoms with Gasteiger partial charge in [0.1, 0.15) is 5.71 Å². The highest BCUT2D eigenvalue weighted by molar-refractivity contribution is 6.39. The Kier molecular flexibility index (Phi) is 5.08. The lowest BCUT2D eigenvalue weighted by Crippen LogP contribution is -2.36. The molecule has 2 aliphatic heterocycles. The van der Waals surface area contributed by atoms with Crippen LogP contribution in [-0.4, -0.2) is 30.3 Å². The fourth-order valence-corrected chi connectivity index (χ4v) is 2.74. The summed E-state index contributed by atoms with van der Waals surface area (Å²) in [6.07, 6.45) is 1.46. The number of carbonyl (C=O) groups is 1. The van der Waals surface area contributed by atoms with E-state index < -0.39 is 0 Å². The van der Waals surface area contributed by atoms with Crippen molar-refractivity contribution in [3.8, 4) is 0 Å². The molecule has 1 saturated heterocycles. The number of benzene rings is 1. The summed E-state index contributed by atoms with van der Waals surface area (Å²) in [4.78, 5) is 17.5. The van der Waals surface area contributed by atoms with Crippen molar-refractivity contribution in [1.82, 2.24) is 10.6 Å². The van der Waals surface area contributed by atoms with Crippen molar-refractivity contribution in [3.63, 3.8) is 0 Å². The van der Waals surface area contributed by atoms with Gasteiger partial charge in [-0.15, -0.1) is 12.4 Å². The minimum Gasteiger partial charge on any atom is -0.387 e. The molecule has 5 nitrogen and oxygen atoms in total. The predicted molar refractivity (Wildman–Crippen MR) is 83.9 cm³/mol. The van der Waals surface area contributed by atoms with Crippen LogP contribution in [0.5, 0.6) is 0 Å². The van der Waals surface area contributed by atoms with Crippen LogP contribution < -0.4 is 10.6 Å². The van der Waals surface area contributed by atoms with Crippen molar-refractivity contribution in [1.29, 1.82) is 0 Å². The quantitative estimate of drug-likeness (QED) is 0.890. The number of amides is 1. The summed E-state index contributed by atoms with van der Waals surface area (Å²) < 4.78 is 0. The first-order valence-electron chi connectivity index (χ1n) is 6.65. The van der Waals surface area contributed by atoms with E-state index in [2.05, 4.69) is 15.8 Å². The first kappa shape index (κ1) is 16.1. The topological polar surface area (TPSA) is 62.7 Å². The van der Waals surface area contributed by atoms with Crippen LogP contribution in [-0.2, 0) is 16.2 Å². The van der Waals surface area contributed by atoms with Crippen LogP contribution in [0.3, 0.4) is 0 Å². The lowest BCUT2D eigenvalue weighted by atomic mass is 9.96. The molecule has 1 atom stereocenters. The molecule has 0 radical (unpaired) electrons. The second-order valence-electron chi connectivity index (χ2n) is 5.23. The fourth-order valence-electron chi connectivity index (χ4n) is 2.52. The molecule has 0 saturated carbocycles. The van der Waals surface area contributed by atoms with Crippen LogP contribution in [0.2, 0.25) is 5.02 Å². The second-order valence-corrected chi connectivity index (χ2v) is 5.66. The maximum Gasteiger partial charge on any atom is 0.269 e. The molecule has 1 aromatic carbocycles. The predicted octanol–water partition coefficient (Wildman–Crippen LogP) is 1.89. The van der Waals surface area contributed by atoms with Crippen LogP contribution in [0.4, 0.5) is 0 Å². The van der Waals surface area contributed by atoms with Gasteiger partial charge in [-0.05, 0) is 24.2 Å². The molecule has 3 rings (SSSR count). The lowest BCUT2D eigenvalue weighted by Gasteiger charge is -2.18. The Labute approximate surface area is 134 Å². The molecule has 2 aliphatic rings. The number of halogens is 2. The highest BCUT2D eigenvalue weighted by Crippen LogP contribution is 2.29. The van der Waals surface area contributed by atoms with Crippen LogP contribution in [0.1, 0.15) is 18.4 Å². The largest absolute Gasteiger partial charge is 0.387 e.